The molecule has 0 heterocycles. The van der Waals surface area contributed by atoms with Crippen LogP contribution in [-0.4, -0.2) is 0 Å². The maximum atomic E-state index is 3.21. The standard InChI is InChI=1S/C8H12.C8H11.Ni/c2*1-2-4-6-8-7-5-3-1;/h1-2,7-8H,3-6H2;1-2,7H,3-6H2;/q;-1;/b2-1-,8-7?;2-1-;. The Morgan fingerprint density at radius 1 is 0.529 bits per heavy atom. The molecule has 0 N–H and O–H groups in total. The third-order valence-electron chi connectivity index (χ3n) is 2.58. The van der Waals surface area contributed by atoms with Crippen LogP contribution in [0.4, 0.5) is 0 Å². The van der Waals surface area contributed by atoms with Crippen molar-refractivity contribution < 1.29 is 16.5 Å². The maximum absolute atomic E-state index is 3.21. The first-order valence-corrected chi connectivity index (χ1v) is 6.50. The van der Waals surface area contributed by atoms with E-state index in [1.54, 1.807) is 0 Å². The number of rotatable bonds is 0. The van der Waals surface area contributed by atoms with E-state index < -0.39 is 0 Å². The molecule has 0 spiro atoms. The zero-order chi connectivity index (χ0) is 11.3. The summed E-state index contributed by atoms with van der Waals surface area (Å²) in [6.07, 6.45) is 28.5. The Hall–Kier alpha value is -0.546. The van der Waals surface area contributed by atoms with Gasteiger partial charge < -0.3 is 6.08 Å². The van der Waals surface area contributed by atoms with E-state index in [1.165, 1.54) is 44.9 Å². The van der Waals surface area contributed by atoms with Crippen LogP contribution in [0, 0.1) is 6.08 Å². The Morgan fingerprint density at radius 3 is 1.47 bits per heavy atom. The molecule has 0 fully saturated rings. The summed E-state index contributed by atoms with van der Waals surface area (Å²) in [6.45, 7) is 0. The summed E-state index contributed by atoms with van der Waals surface area (Å²) < 4.78 is 0. The number of hydrogen-bond donors (Lipinski definition) is 0. The van der Waals surface area contributed by atoms with E-state index >= 15 is 0 Å². The van der Waals surface area contributed by atoms with Crippen molar-refractivity contribution in [2.24, 2.45) is 0 Å². The molecule has 0 aromatic carbocycles. The average molecular weight is 274 g/mol. The van der Waals surface area contributed by atoms with Crippen LogP contribution in [0.3, 0.4) is 0 Å². The molecule has 98 valence electrons. The fourth-order valence-corrected chi connectivity index (χ4v) is 1.64. The summed E-state index contributed by atoms with van der Waals surface area (Å²) in [5, 5.41) is 0. The van der Waals surface area contributed by atoms with Gasteiger partial charge in [-0.15, -0.1) is 0 Å². The van der Waals surface area contributed by atoms with E-state index in [0.717, 1.165) is 6.42 Å². The molecule has 0 radical (unpaired) electrons. The molecule has 0 nitrogen and oxygen atoms in total. The molecule has 17 heavy (non-hydrogen) atoms. The summed E-state index contributed by atoms with van der Waals surface area (Å²) in [5.41, 5.74) is 0. The van der Waals surface area contributed by atoms with Crippen molar-refractivity contribution in [2.75, 3.05) is 0 Å². The largest absolute Gasteiger partial charge is 0.500 e. The minimum atomic E-state index is 0. The second-order valence-electron chi connectivity index (χ2n) is 4.09. The van der Waals surface area contributed by atoms with Gasteiger partial charge in [-0.05, 0) is 32.1 Å². The van der Waals surface area contributed by atoms with Gasteiger partial charge in [0.05, 0.1) is 0 Å². The Bertz CT molecular complexity index is 179. The normalized spacial score (nSPS) is 22.6. The average Bonchev–Trinajstić information content (AvgIpc) is 2.15. The first-order valence-electron chi connectivity index (χ1n) is 6.50. The quantitative estimate of drug-likeness (QED) is 0.325. The molecule has 0 aliphatic heterocycles. The first-order chi connectivity index (χ1) is 8.00. The van der Waals surface area contributed by atoms with Gasteiger partial charge in [0, 0.05) is 16.5 Å². The molecule has 0 saturated heterocycles. The predicted molar refractivity (Wildman–Crippen MR) is 72.2 cm³/mol. The summed E-state index contributed by atoms with van der Waals surface area (Å²) in [5.74, 6) is 0. The van der Waals surface area contributed by atoms with E-state index in [0.29, 0.717) is 0 Å². The smallest absolute Gasteiger partial charge is 0 e. The molecule has 0 aromatic rings. The van der Waals surface area contributed by atoms with Gasteiger partial charge in [-0.1, -0.05) is 49.3 Å². The molecule has 0 amide bonds. The summed E-state index contributed by atoms with van der Waals surface area (Å²) >= 11 is 0. The van der Waals surface area contributed by atoms with Gasteiger partial charge in [0.25, 0.3) is 0 Å². The van der Waals surface area contributed by atoms with E-state index in [4.69, 9.17) is 0 Å². The topological polar surface area (TPSA) is 0 Å². The van der Waals surface area contributed by atoms with Crippen LogP contribution in [0.2, 0.25) is 0 Å². The van der Waals surface area contributed by atoms with Crippen molar-refractivity contribution >= 4 is 0 Å². The second kappa shape index (κ2) is 13.5. The van der Waals surface area contributed by atoms with E-state index in [1.807, 2.05) is 0 Å². The van der Waals surface area contributed by atoms with E-state index in [9.17, 15) is 0 Å². The molecule has 2 aliphatic carbocycles. The van der Waals surface area contributed by atoms with Crippen LogP contribution in [0.25, 0.3) is 0 Å². The fourth-order valence-electron chi connectivity index (χ4n) is 1.64. The maximum Gasteiger partial charge on any atom is 0 e. The van der Waals surface area contributed by atoms with Gasteiger partial charge >= 0.3 is 0 Å². The zero-order valence-electron chi connectivity index (χ0n) is 10.5. The molecular formula is C16H23Ni-. The summed E-state index contributed by atoms with van der Waals surface area (Å²) in [7, 11) is 0. The number of hydrogen-bond acceptors (Lipinski definition) is 0. The Balaban J connectivity index is 0.000000284. The van der Waals surface area contributed by atoms with Crippen LogP contribution in [-0.2, 0) is 16.5 Å². The molecule has 0 saturated carbocycles. The van der Waals surface area contributed by atoms with E-state index in [-0.39, 0.29) is 16.5 Å². The second-order valence-corrected chi connectivity index (χ2v) is 4.09. The zero-order valence-corrected chi connectivity index (χ0v) is 11.5. The van der Waals surface area contributed by atoms with Crippen molar-refractivity contribution in [1.82, 2.24) is 0 Å². The molecule has 0 bridgehead atoms. The van der Waals surface area contributed by atoms with Crippen LogP contribution >= 0.6 is 0 Å². The SMILES string of the molecule is C1=CCC/C=C\CC1.[C-]1=CCC/C=C\CC1.[Ni]. The van der Waals surface area contributed by atoms with Crippen molar-refractivity contribution in [3.05, 3.63) is 48.6 Å². The van der Waals surface area contributed by atoms with Crippen LogP contribution in [0.15, 0.2) is 42.5 Å². The molecule has 2 rings (SSSR count). The molecular weight excluding hydrogens is 251 g/mol. The van der Waals surface area contributed by atoms with Crippen molar-refractivity contribution in [1.29, 1.82) is 0 Å². The Labute approximate surface area is 116 Å². The molecule has 2 aliphatic rings. The minimum absolute atomic E-state index is 0. The third-order valence-corrected chi connectivity index (χ3v) is 2.58. The van der Waals surface area contributed by atoms with Crippen molar-refractivity contribution in [3.8, 4) is 0 Å². The third kappa shape index (κ3) is 11.7. The van der Waals surface area contributed by atoms with Gasteiger partial charge in [0.1, 0.15) is 0 Å². The van der Waals surface area contributed by atoms with Crippen LogP contribution < -0.4 is 0 Å². The Kier molecular flexibility index (Phi) is 13.1. The molecule has 0 aromatic heterocycles. The van der Waals surface area contributed by atoms with E-state index in [2.05, 4.69) is 48.6 Å². The summed E-state index contributed by atoms with van der Waals surface area (Å²) in [6, 6.07) is 0. The Morgan fingerprint density at radius 2 is 0.941 bits per heavy atom. The van der Waals surface area contributed by atoms with Crippen LogP contribution in [0.1, 0.15) is 51.4 Å². The van der Waals surface area contributed by atoms with Gasteiger partial charge in [-0.3, -0.25) is 6.08 Å². The van der Waals surface area contributed by atoms with Crippen molar-refractivity contribution in [3.63, 3.8) is 0 Å². The summed E-state index contributed by atoms with van der Waals surface area (Å²) in [4.78, 5) is 0. The van der Waals surface area contributed by atoms with Gasteiger partial charge in [-0.25, -0.2) is 0 Å². The van der Waals surface area contributed by atoms with Crippen LogP contribution in [0.5, 0.6) is 0 Å². The van der Waals surface area contributed by atoms with Gasteiger partial charge in [0.2, 0.25) is 0 Å². The van der Waals surface area contributed by atoms with Gasteiger partial charge in [-0.2, -0.15) is 6.42 Å². The molecule has 1 heteroatoms. The first kappa shape index (κ1) is 16.5. The van der Waals surface area contributed by atoms with Crippen molar-refractivity contribution in [2.45, 2.75) is 51.4 Å². The van der Waals surface area contributed by atoms with Gasteiger partial charge in [0.15, 0.2) is 0 Å². The molecule has 0 atom stereocenters. The fraction of sp³-hybridized carbons (Fsp3) is 0.500. The monoisotopic (exact) mass is 273 g/mol. The predicted octanol–water partition coefficient (Wildman–Crippen LogP) is 5.15. The minimum Gasteiger partial charge on any atom is -0.500 e. The molecule has 0 unspecified atom stereocenters. The number of allylic oxidation sites excluding steroid dienone is 8.